The van der Waals surface area contributed by atoms with Gasteiger partial charge in [0.1, 0.15) is 18.4 Å². The molecule has 0 atom stereocenters. The maximum atomic E-state index is 12.7. The van der Waals surface area contributed by atoms with Crippen molar-refractivity contribution in [3.8, 4) is 5.75 Å². The number of thioether (sulfide) groups is 1. The average Bonchev–Trinajstić information content (AvgIpc) is 3.27. The van der Waals surface area contributed by atoms with Gasteiger partial charge in [-0.3, -0.25) is 14.3 Å². The lowest BCUT2D eigenvalue weighted by Gasteiger charge is -2.32. The third-order valence-electron chi connectivity index (χ3n) is 5.24. The number of likely N-dealkylation sites (tertiary alicyclic amines) is 1. The Balaban J connectivity index is 1.19. The summed E-state index contributed by atoms with van der Waals surface area (Å²) in [5.74, 6) is 0.983. The molecule has 0 saturated carbocycles. The number of amides is 2. The number of carbonyl (C=O) groups is 2. The third kappa shape index (κ3) is 7.00. The van der Waals surface area contributed by atoms with Crippen molar-refractivity contribution in [2.75, 3.05) is 24.2 Å². The number of anilines is 1. The third-order valence-corrected chi connectivity index (χ3v) is 6.50. The first-order valence-corrected chi connectivity index (χ1v) is 12.1. The van der Waals surface area contributed by atoms with Crippen LogP contribution in [-0.2, 0) is 16.1 Å². The van der Waals surface area contributed by atoms with Gasteiger partial charge in [0.25, 0.3) is 0 Å². The summed E-state index contributed by atoms with van der Waals surface area (Å²) < 4.78 is 7.54. The summed E-state index contributed by atoms with van der Waals surface area (Å²) in [4.78, 5) is 27.7. The molecule has 0 bridgehead atoms. The van der Waals surface area contributed by atoms with Crippen LogP contribution in [0.4, 0.5) is 5.69 Å². The Morgan fingerprint density at radius 2 is 1.82 bits per heavy atom. The van der Waals surface area contributed by atoms with Crippen molar-refractivity contribution in [1.29, 1.82) is 0 Å². The Labute approximate surface area is 202 Å². The topological polar surface area (TPSA) is 76.5 Å². The predicted octanol–water partition coefficient (Wildman–Crippen LogP) is 4.34. The Bertz CT molecular complexity index is 1070. The van der Waals surface area contributed by atoms with Crippen molar-refractivity contribution in [3.05, 3.63) is 72.0 Å². The van der Waals surface area contributed by atoms with Crippen LogP contribution < -0.4 is 10.1 Å². The maximum Gasteiger partial charge on any atom is 0.244 e. The van der Waals surface area contributed by atoms with Crippen molar-refractivity contribution in [1.82, 2.24) is 14.7 Å². The highest BCUT2D eigenvalue weighted by Crippen LogP contribution is 2.21. The molecule has 1 aromatic heterocycles. The zero-order valence-corrected chi connectivity index (χ0v) is 19.6. The molecule has 1 aliphatic heterocycles. The van der Waals surface area contributed by atoms with Gasteiger partial charge in [-0.15, -0.1) is 11.8 Å². The lowest BCUT2D eigenvalue weighted by molar-refractivity contribution is -0.133. The number of halogens is 1. The molecule has 3 aromatic rings. The SMILES string of the molecule is O=C(CSc1ccccc1)Nc1cnn(CC(=O)N2CCC(Oc3ccc(Cl)cc3)CC2)c1. The second-order valence-corrected chi connectivity index (χ2v) is 9.21. The Morgan fingerprint density at radius 1 is 1.09 bits per heavy atom. The highest BCUT2D eigenvalue weighted by atomic mass is 35.5. The number of nitrogens with one attached hydrogen (secondary N) is 1. The number of nitrogens with zero attached hydrogens (tertiary/aromatic N) is 3. The van der Waals surface area contributed by atoms with Gasteiger partial charge in [0.15, 0.2) is 0 Å². The number of hydrogen-bond acceptors (Lipinski definition) is 5. The van der Waals surface area contributed by atoms with E-state index < -0.39 is 0 Å². The van der Waals surface area contributed by atoms with Crippen LogP contribution in [0.3, 0.4) is 0 Å². The van der Waals surface area contributed by atoms with Crippen molar-refractivity contribution >= 4 is 40.9 Å². The summed E-state index contributed by atoms with van der Waals surface area (Å²) in [5.41, 5.74) is 0.580. The zero-order valence-electron chi connectivity index (χ0n) is 18.0. The summed E-state index contributed by atoms with van der Waals surface area (Å²) in [6, 6.07) is 17.1. The van der Waals surface area contributed by atoms with Crippen LogP contribution in [0.2, 0.25) is 5.02 Å². The highest BCUT2D eigenvalue weighted by Gasteiger charge is 2.24. The molecule has 2 aromatic carbocycles. The van der Waals surface area contributed by atoms with Crippen molar-refractivity contribution in [3.63, 3.8) is 0 Å². The van der Waals surface area contributed by atoms with Crippen LogP contribution >= 0.6 is 23.4 Å². The van der Waals surface area contributed by atoms with E-state index in [1.54, 1.807) is 29.2 Å². The molecule has 0 radical (unpaired) electrons. The van der Waals surface area contributed by atoms with Gasteiger partial charge in [-0.25, -0.2) is 0 Å². The molecule has 172 valence electrons. The average molecular weight is 485 g/mol. The molecule has 7 nitrogen and oxygen atoms in total. The van der Waals surface area contributed by atoms with E-state index in [1.807, 2.05) is 47.4 Å². The van der Waals surface area contributed by atoms with Crippen LogP contribution in [0.5, 0.6) is 5.75 Å². The number of carbonyl (C=O) groups excluding carboxylic acids is 2. The predicted molar refractivity (Wildman–Crippen MR) is 130 cm³/mol. The summed E-state index contributed by atoms with van der Waals surface area (Å²) in [6.45, 7) is 1.41. The minimum atomic E-state index is -0.113. The number of hydrogen-bond donors (Lipinski definition) is 1. The molecular weight excluding hydrogens is 460 g/mol. The largest absolute Gasteiger partial charge is 0.490 e. The van der Waals surface area contributed by atoms with E-state index in [9.17, 15) is 9.59 Å². The first-order chi connectivity index (χ1) is 16.0. The maximum absolute atomic E-state index is 12.7. The van der Waals surface area contributed by atoms with Gasteiger partial charge in [-0.1, -0.05) is 29.8 Å². The fourth-order valence-corrected chi connectivity index (χ4v) is 4.39. The monoisotopic (exact) mass is 484 g/mol. The van der Waals surface area contributed by atoms with Crippen molar-refractivity contribution in [2.45, 2.75) is 30.4 Å². The first-order valence-electron chi connectivity index (χ1n) is 10.8. The highest BCUT2D eigenvalue weighted by molar-refractivity contribution is 8.00. The van der Waals surface area contributed by atoms with E-state index in [4.69, 9.17) is 16.3 Å². The van der Waals surface area contributed by atoms with E-state index in [1.165, 1.54) is 11.8 Å². The van der Waals surface area contributed by atoms with E-state index in [2.05, 4.69) is 10.4 Å². The molecule has 0 spiro atoms. The molecule has 1 fully saturated rings. The van der Waals surface area contributed by atoms with Crippen LogP contribution in [0.25, 0.3) is 0 Å². The van der Waals surface area contributed by atoms with Crippen LogP contribution in [0.1, 0.15) is 12.8 Å². The number of piperidine rings is 1. The van der Waals surface area contributed by atoms with E-state index in [0.717, 1.165) is 23.5 Å². The first kappa shape index (κ1) is 23.2. The van der Waals surface area contributed by atoms with Crippen LogP contribution in [0.15, 0.2) is 71.9 Å². The van der Waals surface area contributed by atoms with Gasteiger partial charge < -0.3 is 15.0 Å². The molecule has 4 rings (SSSR count). The number of benzene rings is 2. The molecule has 2 heterocycles. The Kier molecular flexibility index (Phi) is 7.91. The Hall–Kier alpha value is -2.97. The lowest BCUT2D eigenvalue weighted by atomic mass is 10.1. The summed E-state index contributed by atoms with van der Waals surface area (Å²) in [5, 5.41) is 7.71. The number of ether oxygens (including phenoxy) is 1. The normalized spacial score (nSPS) is 14.2. The molecular formula is C24H25ClN4O3S. The quantitative estimate of drug-likeness (QED) is 0.481. The fourth-order valence-electron chi connectivity index (χ4n) is 3.54. The molecule has 1 saturated heterocycles. The van der Waals surface area contributed by atoms with Gasteiger partial charge >= 0.3 is 0 Å². The van der Waals surface area contributed by atoms with Gasteiger partial charge in [-0.05, 0) is 36.4 Å². The number of rotatable bonds is 8. The summed E-state index contributed by atoms with van der Waals surface area (Å²) in [7, 11) is 0. The zero-order chi connectivity index (χ0) is 23.0. The Morgan fingerprint density at radius 3 is 2.55 bits per heavy atom. The van der Waals surface area contributed by atoms with Crippen molar-refractivity contribution in [2.24, 2.45) is 0 Å². The van der Waals surface area contributed by atoms with Gasteiger partial charge in [0, 0.05) is 42.0 Å². The summed E-state index contributed by atoms with van der Waals surface area (Å²) in [6.07, 6.45) is 4.86. The second-order valence-electron chi connectivity index (χ2n) is 7.73. The van der Waals surface area contributed by atoms with E-state index in [-0.39, 0.29) is 24.5 Å². The molecule has 1 N–H and O–H groups in total. The van der Waals surface area contributed by atoms with Gasteiger partial charge in [0.05, 0.1) is 17.6 Å². The van der Waals surface area contributed by atoms with E-state index >= 15 is 0 Å². The van der Waals surface area contributed by atoms with Gasteiger partial charge in [-0.2, -0.15) is 5.10 Å². The molecule has 33 heavy (non-hydrogen) atoms. The van der Waals surface area contributed by atoms with E-state index in [0.29, 0.717) is 29.6 Å². The lowest BCUT2D eigenvalue weighted by Crippen LogP contribution is -2.43. The second kappa shape index (κ2) is 11.2. The number of aromatic nitrogens is 2. The van der Waals surface area contributed by atoms with Gasteiger partial charge in [0.2, 0.25) is 11.8 Å². The smallest absolute Gasteiger partial charge is 0.244 e. The standard InChI is InChI=1S/C24H25ClN4O3S/c25-18-6-8-20(9-7-18)32-21-10-12-28(13-11-21)24(31)16-29-15-19(14-26-29)27-23(30)17-33-22-4-2-1-3-5-22/h1-9,14-15,21H,10-13,16-17H2,(H,27,30). The van der Waals surface area contributed by atoms with Crippen LogP contribution in [0, 0.1) is 0 Å². The van der Waals surface area contributed by atoms with Crippen LogP contribution in [-0.4, -0.2) is 51.4 Å². The fraction of sp³-hybridized carbons (Fsp3) is 0.292. The molecule has 0 unspecified atom stereocenters. The molecule has 2 amide bonds. The molecule has 1 aliphatic rings. The molecule has 9 heteroatoms. The minimum absolute atomic E-state index is 0.000512. The molecule has 0 aliphatic carbocycles. The van der Waals surface area contributed by atoms with Crippen molar-refractivity contribution < 1.29 is 14.3 Å². The summed E-state index contributed by atoms with van der Waals surface area (Å²) >= 11 is 7.38. The minimum Gasteiger partial charge on any atom is -0.490 e.